The monoisotopic (exact) mass is 386 g/mol. The van der Waals surface area contributed by atoms with Crippen molar-refractivity contribution in [2.75, 3.05) is 0 Å². The van der Waals surface area contributed by atoms with Crippen LogP contribution in [0.2, 0.25) is 0 Å². The smallest absolute Gasteiger partial charge is 0.405 e. The first-order chi connectivity index (χ1) is 7.50. The fraction of sp³-hybridized carbons (Fsp3) is 0.250. The van der Waals surface area contributed by atoms with Gasteiger partial charge < -0.3 is 4.74 Å². The van der Waals surface area contributed by atoms with Gasteiger partial charge in [0.2, 0.25) is 0 Å². The van der Waals surface area contributed by atoms with Crippen LogP contribution in [0.3, 0.4) is 0 Å². The molecule has 0 amide bonds. The highest BCUT2D eigenvalue weighted by Crippen LogP contribution is 2.44. The molecule has 0 saturated carbocycles. The zero-order valence-corrected chi connectivity index (χ0v) is 10.8. The Kier molecular flexibility index (Phi) is 4.02. The van der Waals surface area contributed by atoms with Crippen molar-refractivity contribution in [2.45, 2.75) is 12.5 Å². The van der Waals surface area contributed by atoms with Gasteiger partial charge in [0.1, 0.15) is 11.3 Å². The number of rotatable bonds is 1. The summed E-state index contributed by atoms with van der Waals surface area (Å²) in [6, 6.07) is 1.58. The number of benzene rings is 1. The average molecular weight is 388 g/mol. The van der Waals surface area contributed by atoms with Crippen LogP contribution in [0.15, 0.2) is 21.1 Å². The molecule has 0 saturated heterocycles. The van der Waals surface area contributed by atoms with Crippen LogP contribution in [-0.2, 0) is 6.18 Å². The quantitative estimate of drug-likeness (QED) is 0.607. The van der Waals surface area contributed by atoms with Gasteiger partial charge in [0.05, 0.1) is 0 Å². The van der Waals surface area contributed by atoms with Gasteiger partial charge in [0.15, 0.2) is 0 Å². The van der Waals surface area contributed by atoms with Gasteiger partial charge in [0.25, 0.3) is 0 Å². The summed E-state index contributed by atoms with van der Waals surface area (Å²) in [5.74, 6) is -1.31. The number of ether oxygens (including phenoxy) is 1. The molecule has 1 aromatic rings. The molecule has 0 aliphatic heterocycles. The summed E-state index contributed by atoms with van der Waals surface area (Å²) in [5.41, 5.74) is -1.52. The second-order valence-corrected chi connectivity index (χ2v) is 4.58. The molecule has 1 nitrogen and oxygen atoms in total. The van der Waals surface area contributed by atoms with Crippen molar-refractivity contribution in [3.05, 3.63) is 26.6 Å². The Morgan fingerprint density at radius 3 is 1.88 bits per heavy atom. The first-order valence-corrected chi connectivity index (χ1v) is 5.41. The van der Waals surface area contributed by atoms with E-state index in [4.69, 9.17) is 0 Å². The third-order valence-corrected chi connectivity index (χ3v) is 2.61. The molecule has 0 heterocycles. The second-order valence-electron chi connectivity index (χ2n) is 2.81. The molecule has 0 bridgehead atoms. The molecule has 9 heteroatoms. The SMILES string of the molecule is FC(F)(F)Oc1cc(Br)cc(Br)c1C(F)(F)F. The van der Waals surface area contributed by atoms with Crippen LogP contribution in [0.5, 0.6) is 5.75 Å². The lowest BCUT2D eigenvalue weighted by Gasteiger charge is -2.17. The topological polar surface area (TPSA) is 9.23 Å². The molecular weight excluding hydrogens is 386 g/mol. The number of hydrogen-bond donors (Lipinski definition) is 0. The molecule has 0 unspecified atom stereocenters. The van der Waals surface area contributed by atoms with Gasteiger partial charge >= 0.3 is 12.5 Å². The minimum absolute atomic E-state index is 0.0247. The normalized spacial score (nSPS) is 12.7. The Bertz CT molecular complexity index is 425. The van der Waals surface area contributed by atoms with E-state index in [1.54, 1.807) is 0 Å². The Labute approximate surface area is 108 Å². The predicted molar refractivity (Wildman–Crippen MR) is 53.5 cm³/mol. The van der Waals surface area contributed by atoms with Crippen molar-refractivity contribution in [1.29, 1.82) is 0 Å². The molecular formula is C8H2Br2F6O. The largest absolute Gasteiger partial charge is 0.573 e. The van der Waals surface area contributed by atoms with Gasteiger partial charge in [-0.3, -0.25) is 0 Å². The van der Waals surface area contributed by atoms with E-state index in [2.05, 4.69) is 36.6 Å². The lowest BCUT2D eigenvalue weighted by molar-refractivity contribution is -0.276. The maximum atomic E-state index is 12.5. The van der Waals surface area contributed by atoms with Gasteiger partial charge in [-0.2, -0.15) is 13.2 Å². The van der Waals surface area contributed by atoms with Crippen molar-refractivity contribution >= 4 is 31.9 Å². The summed E-state index contributed by atoms with van der Waals surface area (Å²) in [6.07, 6.45) is -10.2. The van der Waals surface area contributed by atoms with Crippen LogP contribution in [0.1, 0.15) is 5.56 Å². The highest BCUT2D eigenvalue weighted by molar-refractivity contribution is 9.11. The number of alkyl halides is 6. The van der Waals surface area contributed by atoms with Crippen LogP contribution in [0.4, 0.5) is 26.3 Å². The summed E-state index contributed by atoms with van der Waals surface area (Å²) < 4.78 is 76.3. The molecule has 0 atom stereocenters. The van der Waals surface area contributed by atoms with Gasteiger partial charge in [-0.05, 0) is 28.1 Å². The average Bonchev–Trinajstić information content (AvgIpc) is 1.94. The van der Waals surface area contributed by atoms with Crippen LogP contribution < -0.4 is 4.74 Å². The van der Waals surface area contributed by atoms with Gasteiger partial charge in [-0.25, -0.2) is 0 Å². The molecule has 1 aromatic carbocycles. The van der Waals surface area contributed by atoms with E-state index in [0.717, 1.165) is 6.07 Å². The van der Waals surface area contributed by atoms with Crippen LogP contribution in [-0.4, -0.2) is 6.36 Å². The fourth-order valence-corrected chi connectivity index (χ4v) is 2.44. The Hall–Kier alpha value is -0.440. The van der Waals surface area contributed by atoms with Crippen molar-refractivity contribution in [3.63, 3.8) is 0 Å². The zero-order valence-electron chi connectivity index (χ0n) is 7.59. The Morgan fingerprint density at radius 1 is 0.941 bits per heavy atom. The van der Waals surface area contributed by atoms with E-state index in [1.165, 1.54) is 0 Å². The summed E-state index contributed by atoms with van der Waals surface area (Å²) in [5, 5.41) is 0. The molecule has 0 aliphatic rings. The van der Waals surface area contributed by atoms with Gasteiger partial charge in [-0.15, -0.1) is 13.2 Å². The number of hydrogen-bond acceptors (Lipinski definition) is 1. The van der Waals surface area contributed by atoms with E-state index >= 15 is 0 Å². The highest BCUT2D eigenvalue weighted by Gasteiger charge is 2.41. The second kappa shape index (κ2) is 4.68. The van der Waals surface area contributed by atoms with Crippen LogP contribution >= 0.6 is 31.9 Å². The van der Waals surface area contributed by atoms with Crippen molar-refractivity contribution in [3.8, 4) is 5.75 Å². The molecule has 0 spiro atoms. The fourth-order valence-electron chi connectivity index (χ4n) is 1.03. The molecule has 17 heavy (non-hydrogen) atoms. The predicted octanol–water partition coefficient (Wildman–Crippen LogP) is 5.13. The molecule has 96 valence electrons. The Balaban J connectivity index is 3.36. The molecule has 1 rings (SSSR count). The number of halogens is 8. The van der Waals surface area contributed by atoms with Gasteiger partial charge in [-0.1, -0.05) is 15.9 Å². The first kappa shape index (κ1) is 14.6. The standard InChI is InChI=1S/C8H2Br2F6O/c9-3-1-4(10)6(7(11,12)13)5(2-3)17-8(14,15)16/h1-2H. The summed E-state index contributed by atoms with van der Waals surface area (Å²) in [4.78, 5) is 0. The van der Waals surface area contributed by atoms with Crippen LogP contribution in [0.25, 0.3) is 0 Å². The van der Waals surface area contributed by atoms with E-state index in [9.17, 15) is 26.3 Å². The minimum Gasteiger partial charge on any atom is -0.405 e. The molecule has 0 N–H and O–H groups in total. The highest BCUT2D eigenvalue weighted by atomic mass is 79.9. The minimum atomic E-state index is -5.19. The molecule has 0 radical (unpaired) electrons. The van der Waals surface area contributed by atoms with Crippen LogP contribution in [0, 0.1) is 0 Å². The third-order valence-electron chi connectivity index (χ3n) is 1.53. The van der Waals surface area contributed by atoms with Crippen molar-refractivity contribution in [1.82, 2.24) is 0 Å². The lowest BCUT2D eigenvalue weighted by Crippen LogP contribution is -2.20. The summed E-state index contributed by atoms with van der Waals surface area (Å²) in [6.45, 7) is 0. The maximum Gasteiger partial charge on any atom is 0.573 e. The Morgan fingerprint density at radius 2 is 1.47 bits per heavy atom. The molecule has 0 fully saturated rings. The summed E-state index contributed by atoms with van der Waals surface area (Å²) >= 11 is 5.32. The summed E-state index contributed by atoms with van der Waals surface area (Å²) in [7, 11) is 0. The van der Waals surface area contributed by atoms with Crippen molar-refractivity contribution < 1.29 is 31.1 Å². The molecule has 0 aliphatic carbocycles. The van der Waals surface area contributed by atoms with E-state index < -0.39 is 28.3 Å². The van der Waals surface area contributed by atoms with Gasteiger partial charge in [0, 0.05) is 8.95 Å². The van der Waals surface area contributed by atoms with E-state index in [0.29, 0.717) is 6.07 Å². The zero-order chi connectivity index (χ0) is 13.4. The third kappa shape index (κ3) is 4.06. The lowest BCUT2D eigenvalue weighted by atomic mass is 10.2. The van der Waals surface area contributed by atoms with E-state index in [-0.39, 0.29) is 4.47 Å². The van der Waals surface area contributed by atoms with E-state index in [1.807, 2.05) is 0 Å². The molecule has 0 aromatic heterocycles. The maximum absolute atomic E-state index is 12.5. The van der Waals surface area contributed by atoms with Crippen molar-refractivity contribution in [2.24, 2.45) is 0 Å². The first-order valence-electron chi connectivity index (χ1n) is 3.82.